The zero-order valence-corrected chi connectivity index (χ0v) is 59.5. The van der Waals surface area contributed by atoms with Crippen molar-refractivity contribution in [2.75, 3.05) is 123 Å². The Morgan fingerprint density at radius 1 is 0.348 bits per heavy atom. The molecule has 4 aromatic rings. The first-order valence-corrected chi connectivity index (χ1v) is 25.8. The molecule has 532 valence electrons. The second-order valence-electron chi connectivity index (χ2n) is 19.3. The number of carbonyl (C=O) groups is 2. The Bertz CT molecular complexity index is 2350. The van der Waals surface area contributed by atoms with Crippen molar-refractivity contribution >= 4 is 11.9 Å². The minimum atomic E-state index is -1.75. The van der Waals surface area contributed by atoms with Crippen molar-refractivity contribution in [2.45, 2.75) is 67.7 Å². The van der Waals surface area contributed by atoms with Crippen molar-refractivity contribution in [3.63, 3.8) is 0 Å². The summed E-state index contributed by atoms with van der Waals surface area (Å²) >= 11 is 0. The molecular formula is C54H80Ho2N10Ni2O24. The van der Waals surface area contributed by atoms with Crippen molar-refractivity contribution < 1.29 is 188 Å². The zero-order valence-electron chi connectivity index (χ0n) is 53.6. The average molecular weight is 1700 g/mol. The van der Waals surface area contributed by atoms with Crippen molar-refractivity contribution in [3.05, 3.63) is 154 Å². The number of benzene rings is 4. The van der Waals surface area contributed by atoms with Crippen molar-refractivity contribution in [1.29, 1.82) is 0 Å². The summed E-state index contributed by atoms with van der Waals surface area (Å²) in [4.78, 5) is 63.9. The molecule has 0 atom stereocenters. The second kappa shape index (κ2) is 57.9. The summed E-state index contributed by atoms with van der Waals surface area (Å²) < 4.78 is 20.8. The Morgan fingerprint density at radius 2 is 0.467 bits per heavy atom. The number of nitrogens with zero attached hydrogens (tertiary/aromatic N) is 10. The molecule has 0 saturated carbocycles. The van der Waals surface area contributed by atoms with Crippen LogP contribution in [0.15, 0.2) is 48.5 Å². The molecule has 0 N–H and O–H groups in total. The van der Waals surface area contributed by atoms with Crippen LogP contribution >= 0.6 is 0 Å². The minimum Gasteiger partial charge on any atom is -0.870 e. The Labute approximate surface area is 615 Å². The summed E-state index contributed by atoms with van der Waals surface area (Å²) in [6, 6.07) is 14.8. The first kappa shape index (κ1) is 102. The van der Waals surface area contributed by atoms with Gasteiger partial charge in [0.15, 0.2) is 0 Å². The summed E-state index contributed by atoms with van der Waals surface area (Å²) in [5.74, 6) is -0.698. The maximum atomic E-state index is 12.4. The molecule has 0 saturated heterocycles. The molecule has 0 fully saturated rings. The molecule has 34 nitrogen and oxygen atoms in total. The topological polar surface area (TPSA) is 494 Å². The Kier molecular flexibility index (Phi) is 64.5. The molecule has 0 spiro atoms. The molecule has 0 aromatic heterocycles. The molecule has 4 aromatic carbocycles. The summed E-state index contributed by atoms with van der Waals surface area (Å²) in [7, 11) is 18.4. The van der Waals surface area contributed by atoms with E-state index in [0.29, 0.717) is 49.2 Å². The zero-order chi connectivity index (χ0) is 69.1. The van der Waals surface area contributed by atoms with E-state index in [-0.39, 0.29) is 131 Å². The maximum Gasteiger partial charge on any atom is 3.00 e. The molecule has 0 aliphatic carbocycles. The molecule has 4 rings (SSSR count). The molecular weight excluding hydrogens is 1620 g/mol. The van der Waals surface area contributed by atoms with Crippen LogP contribution < -0.4 is 49.6 Å². The number of aryl methyl sites for hydroxylation is 4. The fourth-order valence-electron chi connectivity index (χ4n) is 7.40. The third-order valence-corrected chi connectivity index (χ3v) is 11.2. The summed E-state index contributed by atoms with van der Waals surface area (Å²) in [6.07, 6.45) is 0. The van der Waals surface area contributed by atoms with Gasteiger partial charge >= 0.3 is 108 Å². The van der Waals surface area contributed by atoms with E-state index in [2.05, 4.69) is 43.5 Å². The normalized spacial score (nSPS) is 9.63. The molecule has 0 heterocycles. The first-order valence-electron chi connectivity index (χ1n) is 25.8. The van der Waals surface area contributed by atoms with E-state index in [1.54, 1.807) is 24.3 Å². The smallest absolute Gasteiger partial charge is 0.870 e. The van der Waals surface area contributed by atoms with Crippen molar-refractivity contribution in [1.82, 2.24) is 29.4 Å². The van der Waals surface area contributed by atoms with Gasteiger partial charge in [0.05, 0.1) is 48.8 Å². The van der Waals surface area contributed by atoms with E-state index < -0.39 is 32.3 Å². The third-order valence-electron chi connectivity index (χ3n) is 11.2. The minimum absolute atomic E-state index is 0. The van der Waals surface area contributed by atoms with Gasteiger partial charge in [-0.15, -0.1) is 0 Å². The molecule has 92 heavy (non-hydrogen) atoms. The predicted molar refractivity (Wildman–Crippen MR) is 312 cm³/mol. The molecule has 0 unspecified atom stereocenters. The van der Waals surface area contributed by atoms with E-state index in [1.165, 1.54) is 28.4 Å². The molecule has 0 aliphatic rings. The van der Waals surface area contributed by atoms with Crippen molar-refractivity contribution in [2.24, 2.45) is 0 Å². The van der Waals surface area contributed by atoms with E-state index in [0.717, 1.165) is 111 Å². The van der Waals surface area contributed by atoms with Crippen LogP contribution in [0.1, 0.15) is 58.4 Å². The van der Waals surface area contributed by atoms with Crippen LogP contribution in [0.3, 0.4) is 0 Å². The Hall–Kier alpha value is -5.71. The third kappa shape index (κ3) is 55.9. The summed E-state index contributed by atoms with van der Waals surface area (Å²) in [5.41, 5.74) is 7.13. The molecule has 0 aliphatic heterocycles. The van der Waals surface area contributed by atoms with Gasteiger partial charge in [0, 0.05) is 90.5 Å². The van der Waals surface area contributed by atoms with Crippen LogP contribution in [-0.2, 0) is 68.8 Å². The van der Waals surface area contributed by atoms with Crippen LogP contribution in [0, 0.1) is 164 Å². The number of carboxylic acids is 2. The number of aliphatic carboxylic acids is 2. The van der Waals surface area contributed by atoms with Gasteiger partial charge in [-0.25, -0.2) is 0 Å². The van der Waals surface area contributed by atoms with Gasteiger partial charge in [-0.1, -0.05) is 47.3 Å². The molecule has 0 radical (unpaired) electrons. The number of hydrogen-bond donors (Lipinski definition) is 0. The summed E-state index contributed by atoms with van der Waals surface area (Å²) in [6.45, 7) is 19.1. The largest absolute Gasteiger partial charge is 3.00 e. The van der Waals surface area contributed by atoms with Gasteiger partial charge < -0.3 is 150 Å². The number of carboxylic acid groups (broad SMARTS) is 2. The SMILES string of the molecule is CC(=O)[O-].CC(=O)[O-].COc1cc(C)cc(CN(C)CCN(C)CCN(C)Cc2cc(C)cc(OC)c2[O-])c1[O-].COc1cc(C)cc(CN(C)CCN(C)CCN(C)Cc2cc(C)cc(OC)c2[O-])c1[O-].O=[N+]([O-])[O-].O=[N+]([O-])[O-].O=[N+]([O-])[O-].O=[N+]([O-])[O-].[Ho+3].[Ho+3].[Ni+2].[Ni+2]. The van der Waals surface area contributed by atoms with Crippen LogP contribution in [0.2, 0.25) is 0 Å². The molecule has 38 heteroatoms. The number of rotatable bonds is 24. The summed E-state index contributed by atoms with van der Waals surface area (Å²) in [5, 5.41) is 127. The van der Waals surface area contributed by atoms with Gasteiger partial charge in [-0.2, -0.15) is 0 Å². The van der Waals surface area contributed by atoms with Crippen LogP contribution in [-0.4, -0.2) is 185 Å². The fraction of sp³-hybridized carbons (Fsp3) is 0.519. The predicted octanol–water partition coefficient (Wildman–Crippen LogP) is 0.478. The first-order chi connectivity index (χ1) is 40.7. The van der Waals surface area contributed by atoms with E-state index in [1.807, 2.05) is 80.2 Å². The van der Waals surface area contributed by atoms with Gasteiger partial charge in [0.1, 0.15) is 23.0 Å². The van der Waals surface area contributed by atoms with Gasteiger partial charge in [-0.05, 0) is 153 Å². The number of ether oxygens (including phenoxy) is 4. The Balaban J connectivity index is -0.000000183. The maximum absolute atomic E-state index is 12.4. The van der Waals surface area contributed by atoms with Gasteiger partial charge in [0.25, 0.3) is 0 Å². The quantitative estimate of drug-likeness (QED) is 0.0523. The van der Waals surface area contributed by atoms with Crippen LogP contribution in [0.25, 0.3) is 0 Å². The average Bonchev–Trinajstić information content (AvgIpc) is 1.34. The molecule has 0 amide bonds. The van der Waals surface area contributed by atoms with Crippen LogP contribution in [0.5, 0.6) is 46.0 Å². The molecule has 0 bridgehead atoms. The van der Waals surface area contributed by atoms with E-state index in [9.17, 15) is 20.4 Å². The van der Waals surface area contributed by atoms with Crippen LogP contribution in [0.4, 0.5) is 0 Å². The number of methoxy groups -OCH3 is 4. The second-order valence-corrected chi connectivity index (χ2v) is 19.3. The number of likely N-dealkylation sites (N-methyl/N-ethyl adjacent to an activating group) is 6. The van der Waals surface area contributed by atoms with Gasteiger partial charge in [0.2, 0.25) is 0 Å². The Morgan fingerprint density at radius 3 is 0.587 bits per heavy atom. The number of carbonyl (C=O) groups excluding carboxylic acids is 2. The van der Waals surface area contributed by atoms with Crippen molar-refractivity contribution in [3.8, 4) is 46.0 Å². The van der Waals surface area contributed by atoms with Gasteiger partial charge in [-0.3, -0.25) is 0 Å². The fourth-order valence-corrected chi connectivity index (χ4v) is 7.40. The van der Waals surface area contributed by atoms with E-state index in [4.69, 9.17) is 100 Å². The van der Waals surface area contributed by atoms with E-state index >= 15 is 0 Å². The standard InChI is InChI=1S/2C25H39N3O4.2C2H4O2.2Ho.4NO3.2Ni/c2*1-18-12-20(24(29)22(14-18)31-6)16-27(4)10-8-26(3)9-11-28(5)17-21-13-19(2)15-23(32-7)25(21)30;2*1-2(3)4;;;4*2-1(3)4;;/h2*12-15,29-30H,8-11,16-17H2,1-7H3;2*1H3,(H,3,4);;;;;;;;/q;;;;2*+3;4*-1;2*+2/p-6. The number of hydrogen-bond acceptors (Lipinski definition) is 30. The monoisotopic (exact) mass is 1700 g/mol.